The summed E-state index contributed by atoms with van der Waals surface area (Å²) in [7, 11) is 0. The minimum Gasteiger partial charge on any atom is -0.485 e. The van der Waals surface area contributed by atoms with Crippen LogP contribution in [0.25, 0.3) is 0 Å². The number of hydrogen-bond donors (Lipinski definition) is 1. The number of benzene rings is 1. The molecule has 2 rings (SSSR count). The summed E-state index contributed by atoms with van der Waals surface area (Å²) in [6, 6.07) is 7.29. The largest absolute Gasteiger partial charge is 0.485 e. The van der Waals surface area contributed by atoms with Gasteiger partial charge in [0.15, 0.2) is 0 Å². The average Bonchev–Trinajstić information content (AvgIpc) is 2.86. The van der Waals surface area contributed by atoms with Crippen LogP contribution in [0, 0.1) is 0 Å². The maximum Gasteiger partial charge on any atom is 0.338 e. The second kappa shape index (κ2) is 6.13. The van der Waals surface area contributed by atoms with Gasteiger partial charge in [-0.05, 0) is 35.7 Å². The highest BCUT2D eigenvalue weighted by atomic mass is 79.9. The van der Waals surface area contributed by atoms with E-state index in [1.54, 1.807) is 0 Å². The Morgan fingerprint density at radius 2 is 2.15 bits per heavy atom. The molecule has 0 atom stereocenters. The fourth-order valence-electron chi connectivity index (χ4n) is 1.82. The first-order valence-electron chi connectivity index (χ1n) is 6.20. The Bertz CT molecular complexity index is 616. The Kier molecular flexibility index (Phi) is 4.49. The number of rotatable bonds is 5. The SMILES string of the molecule is CC(C)c1cc(Br)ccc1OCc1cc(C(=O)O)co1. The molecule has 0 unspecified atom stereocenters. The molecule has 4 nitrogen and oxygen atoms in total. The van der Waals surface area contributed by atoms with Crippen LogP contribution >= 0.6 is 15.9 Å². The molecule has 20 heavy (non-hydrogen) atoms. The molecule has 0 aliphatic rings. The van der Waals surface area contributed by atoms with Crippen LogP contribution in [0.1, 0.15) is 41.4 Å². The zero-order valence-electron chi connectivity index (χ0n) is 11.2. The van der Waals surface area contributed by atoms with Crippen molar-refractivity contribution in [3.8, 4) is 5.75 Å². The second-order valence-electron chi connectivity index (χ2n) is 4.73. The van der Waals surface area contributed by atoms with Crippen LogP contribution in [0.3, 0.4) is 0 Å². The number of ether oxygens (including phenoxy) is 1. The first-order valence-corrected chi connectivity index (χ1v) is 6.99. The Morgan fingerprint density at radius 1 is 1.40 bits per heavy atom. The molecule has 0 saturated carbocycles. The van der Waals surface area contributed by atoms with Gasteiger partial charge in [0.2, 0.25) is 0 Å². The van der Waals surface area contributed by atoms with Gasteiger partial charge in [-0.25, -0.2) is 4.79 Å². The number of aromatic carboxylic acids is 1. The van der Waals surface area contributed by atoms with E-state index in [2.05, 4.69) is 29.8 Å². The van der Waals surface area contributed by atoms with Crippen molar-refractivity contribution >= 4 is 21.9 Å². The molecule has 0 aliphatic carbocycles. The first kappa shape index (κ1) is 14.7. The molecule has 5 heteroatoms. The van der Waals surface area contributed by atoms with E-state index in [0.29, 0.717) is 11.7 Å². The van der Waals surface area contributed by atoms with E-state index < -0.39 is 5.97 Å². The highest BCUT2D eigenvalue weighted by Crippen LogP contribution is 2.30. The van der Waals surface area contributed by atoms with Crippen LogP contribution in [0.4, 0.5) is 0 Å². The van der Waals surface area contributed by atoms with Crippen LogP contribution in [-0.2, 0) is 6.61 Å². The molecule has 1 heterocycles. The molecule has 1 aromatic heterocycles. The normalized spacial score (nSPS) is 10.8. The Labute approximate surface area is 125 Å². The molecule has 0 saturated heterocycles. The molecule has 0 radical (unpaired) electrons. The van der Waals surface area contributed by atoms with E-state index in [0.717, 1.165) is 15.8 Å². The first-order chi connectivity index (χ1) is 9.47. The lowest BCUT2D eigenvalue weighted by Crippen LogP contribution is -1.99. The summed E-state index contributed by atoms with van der Waals surface area (Å²) in [5.74, 6) is 0.580. The lowest BCUT2D eigenvalue weighted by atomic mass is 10.0. The number of furan rings is 1. The topological polar surface area (TPSA) is 59.7 Å². The summed E-state index contributed by atoms with van der Waals surface area (Å²) in [6.45, 7) is 4.38. The predicted octanol–water partition coefficient (Wildman–Crippen LogP) is 4.44. The fraction of sp³-hybridized carbons (Fsp3) is 0.267. The monoisotopic (exact) mass is 338 g/mol. The van der Waals surface area contributed by atoms with E-state index in [1.807, 2.05) is 18.2 Å². The molecule has 0 fully saturated rings. The van der Waals surface area contributed by atoms with Crippen molar-refractivity contribution in [3.05, 3.63) is 51.9 Å². The van der Waals surface area contributed by atoms with E-state index >= 15 is 0 Å². The summed E-state index contributed by atoms with van der Waals surface area (Å²) in [5, 5.41) is 8.82. The van der Waals surface area contributed by atoms with Gasteiger partial charge in [-0.1, -0.05) is 29.8 Å². The maximum absolute atomic E-state index is 10.8. The fourth-order valence-corrected chi connectivity index (χ4v) is 2.20. The number of carboxylic acid groups (broad SMARTS) is 1. The van der Waals surface area contributed by atoms with Crippen LogP contribution in [-0.4, -0.2) is 11.1 Å². The predicted molar refractivity (Wildman–Crippen MR) is 78.2 cm³/mol. The highest BCUT2D eigenvalue weighted by Gasteiger charge is 2.11. The van der Waals surface area contributed by atoms with Crippen molar-refractivity contribution < 1.29 is 19.1 Å². The average molecular weight is 339 g/mol. The third-order valence-electron chi connectivity index (χ3n) is 2.86. The Balaban J connectivity index is 2.12. The summed E-state index contributed by atoms with van der Waals surface area (Å²) in [4.78, 5) is 10.8. The molecule has 0 spiro atoms. The maximum atomic E-state index is 10.8. The number of hydrogen-bond acceptors (Lipinski definition) is 3. The van der Waals surface area contributed by atoms with Gasteiger partial charge in [0.1, 0.15) is 24.4 Å². The summed E-state index contributed by atoms with van der Waals surface area (Å²) in [6.07, 6.45) is 1.21. The number of carbonyl (C=O) groups is 1. The molecular weight excluding hydrogens is 324 g/mol. The van der Waals surface area contributed by atoms with Crippen molar-refractivity contribution in [2.45, 2.75) is 26.4 Å². The Morgan fingerprint density at radius 3 is 2.75 bits per heavy atom. The summed E-state index contributed by atoms with van der Waals surface area (Å²) < 4.78 is 11.9. The van der Waals surface area contributed by atoms with E-state index in [-0.39, 0.29) is 12.2 Å². The van der Waals surface area contributed by atoms with Crippen molar-refractivity contribution in [2.75, 3.05) is 0 Å². The standard InChI is InChI=1S/C15H15BrO4/c1-9(2)13-6-11(16)3-4-14(13)20-8-12-5-10(7-19-12)15(17)18/h3-7,9H,8H2,1-2H3,(H,17,18). The van der Waals surface area contributed by atoms with E-state index in [4.69, 9.17) is 14.3 Å². The van der Waals surface area contributed by atoms with Crippen LogP contribution in [0.15, 0.2) is 39.4 Å². The van der Waals surface area contributed by atoms with Gasteiger partial charge >= 0.3 is 5.97 Å². The molecule has 106 valence electrons. The molecule has 0 bridgehead atoms. The number of halogens is 1. The van der Waals surface area contributed by atoms with Gasteiger partial charge in [-0.15, -0.1) is 0 Å². The van der Waals surface area contributed by atoms with Crippen molar-refractivity contribution in [2.24, 2.45) is 0 Å². The molecule has 0 aliphatic heterocycles. The zero-order chi connectivity index (χ0) is 14.7. The minimum atomic E-state index is -1.01. The zero-order valence-corrected chi connectivity index (χ0v) is 12.8. The lowest BCUT2D eigenvalue weighted by molar-refractivity contribution is 0.0696. The van der Waals surface area contributed by atoms with Gasteiger partial charge in [0.25, 0.3) is 0 Å². The summed E-state index contributed by atoms with van der Waals surface area (Å²) in [5.41, 5.74) is 1.22. The van der Waals surface area contributed by atoms with Gasteiger partial charge < -0.3 is 14.3 Å². The van der Waals surface area contributed by atoms with Crippen molar-refractivity contribution in [3.63, 3.8) is 0 Å². The molecule has 1 aromatic carbocycles. The van der Waals surface area contributed by atoms with Crippen LogP contribution in [0.2, 0.25) is 0 Å². The van der Waals surface area contributed by atoms with Gasteiger partial charge in [0.05, 0.1) is 5.56 Å². The molecule has 1 N–H and O–H groups in total. The lowest BCUT2D eigenvalue weighted by Gasteiger charge is -2.13. The molecular formula is C15H15BrO4. The van der Waals surface area contributed by atoms with Crippen LogP contribution in [0.5, 0.6) is 5.75 Å². The van der Waals surface area contributed by atoms with Crippen LogP contribution < -0.4 is 4.74 Å². The molecule has 0 amide bonds. The van der Waals surface area contributed by atoms with Gasteiger partial charge in [-0.2, -0.15) is 0 Å². The molecule has 2 aromatic rings. The smallest absolute Gasteiger partial charge is 0.338 e. The van der Waals surface area contributed by atoms with Crippen molar-refractivity contribution in [1.82, 2.24) is 0 Å². The van der Waals surface area contributed by atoms with E-state index in [9.17, 15) is 4.79 Å². The Hall–Kier alpha value is -1.75. The highest BCUT2D eigenvalue weighted by molar-refractivity contribution is 9.10. The third kappa shape index (κ3) is 3.42. The van der Waals surface area contributed by atoms with Gasteiger partial charge in [-0.3, -0.25) is 0 Å². The minimum absolute atomic E-state index is 0.128. The summed E-state index contributed by atoms with van der Waals surface area (Å²) >= 11 is 3.44. The quantitative estimate of drug-likeness (QED) is 0.875. The second-order valence-corrected chi connectivity index (χ2v) is 5.65. The van der Waals surface area contributed by atoms with Gasteiger partial charge in [0, 0.05) is 4.47 Å². The van der Waals surface area contributed by atoms with Crippen molar-refractivity contribution in [1.29, 1.82) is 0 Å². The third-order valence-corrected chi connectivity index (χ3v) is 3.36. The number of carboxylic acids is 1. The van der Waals surface area contributed by atoms with E-state index in [1.165, 1.54) is 12.3 Å².